The van der Waals surface area contributed by atoms with Crippen molar-refractivity contribution < 1.29 is 9.90 Å². The fourth-order valence-corrected chi connectivity index (χ4v) is 2.26. The van der Waals surface area contributed by atoms with E-state index in [1.54, 1.807) is 11.0 Å². The Hall–Kier alpha value is -2.49. The molecule has 2 aromatic carbocycles. The summed E-state index contributed by atoms with van der Waals surface area (Å²) < 4.78 is 0. The van der Waals surface area contributed by atoms with E-state index in [1.807, 2.05) is 32.0 Å². The molecule has 3 N–H and O–H groups in total. The molecule has 0 bridgehead atoms. The topological polar surface area (TPSA) is 66.6 Å². The molecule has 0 aliphatic rings. The fourth-order valence-electron chi connectivity index (χ4n) is 2.26. The van der Waals surface area contributed by atoms with E-state index in [4.69, 9.17) is 5.73 Å². The van der Waals surface area contributed by atoms with Gasteiger partial charge in [-0.15, -0.1) is 0 Å². The smallest absolute Gasteiger partial charge is 0.256 e. The molecular weight excluding hydrogens is 264 g/mol. The predicted octanol–water partition coefficient (Wildman–Crippen LogP) is 2.95. The minimum Gasteiger partial charge on any atom is -0.508 e. The lowest BCUT2D eigenvalue weighted by molar-refractivity contribution is 0.0753. The number of nitrogens with two attached hydrogens (primary N) is 1. The number of nitrogens with zero attached hydrogens (tertiary/aromatic N) is 1. The predicted molar refractivity (Wildman–Crippen MR) is 84.1 cm³/mol. The van der Waals surface area contributed by atoms with Gasteiger partial charge in [0.05, 0.1) is 5.56 Å². The number of hydrogen-bond acceptors (Lipinski definition) is 3. The number of carbonyl (C=O) groups is 1. The van der Waals surface area contributed by atoms with Gasteiger partial charge in [-0.1, -0.05) is 29.8 Å². The minimum absolute atomic E-state index is 0.0409. The minimum atomic E-state index is -0.174. The Kier molecular flexibility index (Phi) is 4.48. The van der Waals surface area contributed by atoms with Gasteiger partial charge in [-0.05, 0) is 37.6 Å². The Balaban J connectivity index is 2.24. The maximum Gasteiger partial charge on any atom is 0.256 e. The molecule has 0 aliphatic heterocycles. The maximum absolute atomic E-state index is 12.6. The summed E-state index contributed by atoms with van der Waals surface area (Å²) in [7, 11) is 0. The second kappa shape index (κ2) is 6.31. The van der Waals surface area contributed by atoms with Crippen LogP contribution < -0.4 is 5.73 Å². The van der Waals surface area contributed by atoms with Crippen molar-refractivity contribution in [2.45, 2.75) is 20.4 Å². The molecule has 1 amide bonds. The summed E-state index contributed by atoms with van der Waals surface area (Å²) in [6.07, 6.45) is 0. The highest BCUT2D eigenvalue weighted by molar-refractivity contribution is 5.99. The molecular formula is C17H20N2O2. The molecule has 21 heavy (non-hydrogen) atoms. The van der Waals surface area contributed by atoms with Gasteiger partial charge in [0.2, 0.25) is 0 Å². The zero-order valence-electron chi connectivity index (χ0n) is 12.3. The summed E-state index contributed by atoms with van der Waals surface area (Å²) in [6, 6.07) is 12.5. The van der Waals surface area contributed by atoms with E-state index >= 15 is 0 Å². The van der Waals surface area contributed by atoms with Crippen molar-refractivity contribution in [2.24, 2.45) is 0 Å². The van der Waals surface area contributed by atoms with Gasteiger partial charge < -0.3 is 15.7 Å². The summed E-state index contributed by atoms with van der Waals surface area (Å²) in [5, 5.41) is 9.54. The van der Waals surface area contributed by atoms with Gasteiger partial charge in [0.1, 0.15) is 5.75 Å². The Bertz CT molecular complexity index is 653. The van der Waals surface area contributed by atoms with Crippen molar-refractivity contribution in [3.63, 3.8) is 0 Å². The molecule has 2 aromatic rings. The second-order valence-corrected chi connectivity index (χ2v) is 5.08. The van der Waals surface area contributed by atoms with Gasteiger partial charge >= 0.3 is 0 Å². The average molecular weight is 284 g/mol. The van der Waals surface area contributed by atoms with Crippen molar-refractivity contribution in [3.8, 4) is 5.75 Å². The van der Waals surface area contributed by atoms with Crippen LogP contribution in [0.15, 0.2) is 42.5 Å². The number of rotatable bonds is 4. The molecule has 0 saturated carbocycles. The molecule has 110 valence electrons. The van der Waals surface area contributed by atoms with Gasteiger partial charge in [-0.2, -0.15) is 0 Å². The van der Waals surface area contributed by atoms with Crippen LogP contribution >= 0.6 is 0 Å². The second-order valence-electron chi connectivity index (χ2n) is 5.08. The number of nitrogen functional groups attached to an aromatic ring is 1. The van der Waals surface area contributed by atoms with Crippen LogP contribution in [0.1, 0.15) is 28.4 Å². The molecule has 0 radical (unpaired) electrons. The van der Waals surface area contributed by atoms with Crippen LogP contribution in [0, 0.1) is 6.92 Å². The molecule has 0 fully saturated rings. The van der Waals surface area contributed by atoms with Crippen LogP contribution in [-0.4, -0.2) is 22.5 Å². The van der Waals surface area contributed by atoms with Crippen LogP contribution in [0.25, 0.3) is 0 Å². The normalized spacial score (nSPS) is 10.4. The molecule has 0 aromatic heterocycles. The summed E-state index contributed by atoms with van der Waals surface area (Å²) in [6.45, 7) is 5.04. The molecule has 2 rings (SSSR count). The standard InChI is InChI=1S/C17H20N2O2/c1-3-19(11-13-6-4-5-12(2)9-13)17(21)15-10-14(20)7-8-16(15)18/h4-10,20H,3,11,18H2,1-2H3. The van der Waals surface area contributed by atoms with E-state index in [1.165, 1.54) is 12.1 Å². The molecule has 4 heteroatoms. The number of phenolic OH excluding ortho intramolecular Hbond substituents is 1. The Morgan fingerprint density at radius 1 is 1.24 bits per heavy atom. The lowest BCUT2D eigenvalue weighted by Crippen LogP contribution is -2.30. The van der Waals surface area contributed by atoms with E-state index in [2.05, 4.69) is 6.07 Å². The SMILES string of the molecule is CCN(Cc1cccc(C)c1)C(=O)c1cc(O)ccc1N. The van der Waals surface area contributed by atoms with Gasteiger partial charge in [0.15, 0.2) is 0 Å². The zero-order valence-corrected chi connectivity index (χ0v) is 12.3. The number of anilines is 1. The summed E-state index contributed by atoms with van der Waals surface area (Å²) in [4.78, 5) is 14.3. The van der Waals surface area contributed by atoms with Crippen molar-refractivity contribution >= 4 is 11.6 Å². The summed E-state index contributed by atoms with van der Waals surface area (Å²) in [5.41, 5.74) is 8.79. The summed E-state index contributed by atoms with van der Waals surface area (Å²) >= 11 is 0. The van der Waals surface area contributed by atoms with Gasteiger partial charge in [0.25, 0.3) is 5.91 Å². The van der Waals surface area contributed by atoms with E-state index in [9.17, 15) is 9.90 Å². The number of carbonyl (C=O) groups excluding carboxylic acids is 1. The summed E-state index contributed by atoms with van der Waals surface area (Å²) in [5.74, 6) is -0.133. The number of aromatic hydroxyl groups is 1. The largest absolute Gasteiger partial charge is 0.508 e. The van der Waals surface area contributed by atoms with Crippen LogP contribution in [0.3, 0.4) is 0 Å². The van der Waals surface area contributed by atoms with E-state index in [0.717, 1.165) is 11.1 Å². The molecule has 0 aliphatic carbocycles. The number of hydrogen-bond donors (Lipinski definition) is 2. The third-order valence-corrected chi connectivity index (χ3v) is 3.39. The molecule has 0 heterocycles. The maximum atomic E-state index is 12.6. The highest BCUT2D eigenvalue weighted by atomic mass is 16.3. The molecule has 0 saturated heterocycles. The monoisotopic (exact) mass is 284 g/mol. The van der Waals surface area contributed by atoms with Gasteiger partial charge in [-0.3, -0.25) is 4.79 Å². The van der Waals surface area contributed by atoms with E-state index < -0.39 is 0 Å². The van der Waals surface area contributed by atoms with Gasteiger partial charge in [-0.25, -0.2) is 0 Å². The first kappa shape index (κ1) is 14.9. The van der Waals surface area contributed by atoms with Crippen LogP contribution in [0.5, 0.6) is 5.75 Å². The van der Waals surface area contributed by atoms with Crippen molar-refractivity contribution in [3.05, 3.63) is 59.2 Å². The molecule has 4 nitrogen and oxygen atoms in total. The van der Waals surface area contributed by atoms with Crippen LogP contribution in [-0.2, 0) is 6.54 Å². The van der Waals surface area contributed by atoms with Crippen LogP contribution in [0.4, 0.5) is 5.69 Å². The molecule has 0 atom stereocenters. The molecule has 0 unspecified atom stereocenters. The Morgan fingerprint density at radius 2 is 2.00 bits per heavy atom. The Labute approximate surface area is 124 Å². The Morgan fingerprint density at radius 3 is 2.67 bits per heavy atom. The van der Waals surface area contributed by atoms with E-state index in [0.29, 0.717) is 24.3 Å². The van der Waals surface area contributed by atoms with Crippen molar-refractivity contribution in [1.29, 1.82) is 0 Å². The highest BCUT2D eigenvalue weighted by Gasteiger charge is 2.17. The number of amides is 1. The zero-order chi connectivity index (χ0) is 15.4. The number of aryl methyl sites for hydroxylation is 1. The number of benzene rings is 2. The average Bonchev–Trinajstić information content (AvgIpc) is 2.46. The van der Waals surface area contributed by atoms with E-state index in [-0.39, 0.29) is 11.7 Å². The quantitative estimate of drug-likeness (QED) is 0.670. The number of phenols is 1. The first-order chi connectivity index (χ1) is 10.0. The van der Waals surface area contributed by atoms with Crippen molar-refractivity contribution in [1.82, 2.24) is 4.90 Å². The first-order valence-corrected chi connectivity index (χ1v) is 6.94. The highest BCUT2D eigenvalue weighted by Crippen LogP contribution is 2.21. The molecule has 0 spiro atoms. The van der Waals surface area contributed by atoms with Gasteiger partial charge in [0, 0.05) is 18.8 Å². The lowest BCUT2D eigenvalue weighted by Gasteiger charge is -2.22. The fraction of sp³-hybridized carbons (Fsp3) is 0.235. The third kappa shape index (κ3) is 3.54. The third-order valence-electron chi connectivity index (χ3n) is 3.39. The van der Waals surface area contributed by atoms with Crippen molar-refractivity contribution in [2.75, 3.05) is 12.3 Å². The lowest BCUT2D eigenvalue weighted by atomic mass is 10.1. The van der Waals surface area contributed by atoms with Crippen LogP contribution in [0.2, 0.25) is 0 Å². The first-order valence-electron chi connectivity index (χ1n) is 6.94.